The first-order valence-corrected chi connectivity index (χ1v) is 8.55. The maximum atomic E-state index is 11.9. The lowest BCUT2D eigenvalue weighted by Gasteiger charge is -2.30. The van der Waals surface area contributed by atoms with Gasteiger partial charge in [0.05, 0.1) is 14.2 Å². The maximum absolute atomic E-state index is 11.9. The van der Waals surface area contributed by atoms with E-state index in [4.69, 9.17) is 4.74 Å². The van der Waals surface area contributed by atoms with Crippen molar-refractivity contribution in [1.29, 1.82) is 0 Å². The second-order valence-electron chi connectivity index (χ2n) is 6.14. The van der Waals surface area contributed by atoms with Gasteiger partial charge in [0, 0.05) is 26.2 Å². The van der Waals surface area contributed by atoms with Crippen molar-refractivity contribution in [3.05, 3.63) is 29.8 Å². The van der Waals surface area contributed by atoms with Gasteiger partial charge in [-0.25, -0.2) is 4.79 Å². The molecule has 2 rings (SSSR count). The Bertz CT molecular complexity index is 624. The van der Waals surface area contributed by atoms with Gasteiger partial charge >= 0.3 is 17.9 Å². The average Bonchev–Trinajstić information content (AvgIpc) is 2.70. The van der Waals surface area contributed by atoms with Crippen LogP contribution in [0.1, 0.15) is 18.4 Å². The van der Waals surface area contributed by atoms with E-state index in [0.29, 0.717) is 19.6 Å². The van der Waals surface area contributed by atoms with Crippen molar-refractivity contribution >= 4 is 17.9 Å². The molecule has 0 atom stereocenters. The Labute approximate surface area is 152 Å². The summed E-state index contributed by atoms with van der Waals surface area (Å²) < 4.78 is 9.76. The number of ether oxygens (including phenoxy) is 2. The Morgan fingerprint density at radius 1 is 1.04 bits per heavy atom. The van der Waals surface area contributed by atoms with Crippen LogP contribution in [0.4, 0.5) is 4.79 Å². The zero-order valence-corrected chi connectivity index (χ0v) is 15.1. The number of hydrogen-bond donors (Lipinski definition) is 2. The fraction of sp³-hybridized carbons (Fsp3) is 0.500. The van der Waals surface area contributed by atoms with Crippen molar-refractivity contribution in [3.8, 4) is 5.75 Å². The molecule has 0 saturated carbocycles. The number of nitrogens with one attached hydrogen (secondary N) is 2. The van der Waals surface area contributed by atoms with Crippen molar-refractivity contribution < 1.29 is 23.9 Å². The summed E-state index contributed by atoms with van der Waals surface area (Å²) in [5.74, 6) is -0.327. The molecule has 1 heterocycles. The summed E-state index contributed by atoms with van der Waals surface area (Å²) in [6.07, 6.45) is 1.21. The number of amides is 3. The smallest absolute Gasteiger partial charge is 0.409 e. The van der Waals surface area contributed by atoms with Crippen LogP contribution in [-0.4, -0.2) is 56.7 Å². The van der Waals surface area contributed by atoms with E-state index in [1.807, 2.05) is 12.1 Å². The number of methoxy groups -OCH3 is 2. The van der Waals surface area contributed by atoms with E-state index in [1.54, 1.807) is 24.1 Å². The van der Waals surface area contributed by atoms with Crippen molar-refractivity contribution in [3.63, 3.8) is 0 Å². The molecule has 0 aromatic heterocycles. The molecular weight excluding hydrogens is 338 g/mol. The Balaban J connectivity index is 1.67. The van der Waals surface area contributed by atoms with E-state index in [-0.39, 0.29) is 18.6 Å². The molecule has 1 saturated heterocycles. The van der Waals surface area contributed by atoms with E-state index in [2.05, 4.69) is 15.4 Å². The molecule has 1 aliphatic rings. The highest BCUT2D eigenvalue weighted by Crippen LogP contribution is 2.16. The highest BCUT2D eigenvalue weighted by Gasteiger charge is 2.24. The summed E-state index contributed by atoms with van der Waals surface area (Å²) in [6.45, 7) is 1.88. The lowest BCUT2D eigenvalue weighted by molar-refractivity contribution is -0.139. The quantitative estimate of drug-likeness (QED) is 0.758. The largest absolute Gasteiger partial charge is 0.497 e. The third-order valence-electron chi connectivity index (χ3n) is 4.42. The minimum absolute atomic E-state index is 0.245. The third kappa shape index (κ3) is 5.65. The molecule has 1 aromatic carbocycles. The zero-order chi connectivity index (χ0) is 18.9. The van der Waals surface area contributed by atoms with Crippen LogP contribution in [0.15, 0.2) is 24.3 Å². The van der Waals surface area contributed by atoms with Crippen LogP contribution < -0.4 is 15.4 Å². The summed E-state index contributed by atoms with van der Waals surface area (Å²) in [7, 11) is 2.94. The second kappa shape index (κ2) is 9.65. The molecule has 0 radical (unpaired) electrons. The van der Waals surface area contributed by atoms with Gasteiger partial charge in [-0.3, -0.25) is 9.59 Å². The Hall–Kier alpha value is -2.77. The van der Waals surface area contributed by atoms with Gasteiger partial charge in [-0.15, -0.1) is 0 Å². The number of rotatable bonds is 5. The molecule has 1 fully saturated rings. The van der Waals surface area contributed by atoms with E-state index in [0.717, 1.165) is 24.2 Å². The Morgan fingerprint density at radius 3 is 2.23 bits per heavy atom. The molecule has 142 valence electrons. The van der Waals surface area contributed by atoms with Crippen LogP contribution in [0.5, 0.6) is 5.75 Å². The molecule has 0 unspecified atom stereocenters. The van der Waals surface area contributed by atoms with Crippen LogP contribution in [0.25, 0.3) is 0 Å². The minimum Gasteiger partial charge on any atom is -0.497 e. The maximum Gasteiger partial charge on any atom is 0.409 e. The summed E-state index contributed by atoms with van der Waals surface area (Å²) in [6, 6.07) is 7.24. The van der Waals surface area contributed by atoms with Gasteiger partial charge in [-0.2, -0.15) is 0 Å². The van der Waals surface area contributed by atoms with Gasteiger partial charge in [-0.1, -0.05) is 12.1 Å². The first-order chi connectivity index (χ1) is 12.5. The molecule has 8 nitrogen and oxygen atoms in total. The van der Waals surface area contributed by atoms with Crippen molar-refractivity contribution in [1.82, 2.24) is 15.5 Å². The molecule has 0 bridgehead atoms. The van der Waals surface area contributed by atoms with Crippen LogP contribution >= 0.6 is 0 Å². The average molecular weight is 363 g/mol. The summed E-state index contributed by atoms with van der Waals surface area (Å²) in [5, 5.41) is 5.25. The summed E-state index contributed by atoms with van der Waals surface area (Å²) >= 11 is 0. The topological polar surface area (TPSA) is 97.0 Å². The highest BCUT2D eigenvalue weighted by molar-refractivity contribution is 6.35. The number of carbonyl (C=O) groups is 3. The molecule has 3 amide bonds. The van der Waals surface area contributed by atoms with Crippen LogP contribution in [0.2, 0.25) is 0 Å². The number of likely N-dealkylation sites (tertiary alicyclic amines) is 1. The predicted octanol–water partition coefficient (Wildman–Crippen LogP) is 0.906. The molecular formula is C18H25N3O5. The number of piperidine rings is 1. The number of hydrogen-bond acceptors (Lipinski definition) is 5. The van der Waals surface area contributed by atoms with E-state index >= 15 is 0 Å². The normalized spacial score (nSPS) is 14.5. The lowest BCUT2D eigenvalue weighted by Crippen LogP contribution is -2.44. The molecule has 0 aliphatic carbocycles. The van der Waals surface area contributed by atoms with Crippen molar-refractivity contribution in [2.45, 2.75) is 19.4 Å². The van der Waals surface area contributed by atoms with Crippen molar-refractivity contribution in [2.75, 3.05) is 33.9 Å². The second-order valence-corrected chi connectivity index (χ2v) is 6.14. The van der Waals surface area contributed by atoms with E-state index in [1.165, 1.54) is 7.11 Å². The number of benzene rings is 1. The third-order valence-corrected chi connectivity index (χ3v) is 4.42. The SMILES string of the molecule is COC(=O)N1CCC(CNC(=O)C(=O)NCc2ccc(OC)cc2)CC1. The fourth-order valence-corrected chi connectivity index (χ4v) is 2.77. The monoisotopic (exact) mass is 363 g/mol. The minimum atomic E-state index is -0.659. The standard InChI is InChI=1S/C18H25N3O5/c1-25-15-5-3-13(4-6-15)11-19-16(22)17(23)20-12-14-7-9-21(10-8-14)18(24)26-2/h3-6,14H,7-12H2,1-2H3,(H,19,22)(H,20,23). The number of nitrogens with zero attached hydrogens (tertiary/aromatic N) is 1. The van der Waals surface area contributed by atoms with Crippen LogP contribution in [0, 0.1) is 5.92 Å². The highest BCUT2D eigenvalue weighted by atomic mass is 16.5. The van der Waals surface area contributed by atoms with Crippen LogP contribution in [0.3, 0.4) is 0 Å². The van der Waals surface area contributed by atoms with Crippen LogP contribution in [-0.2, 0) is 20.9 Å². The zero-order valence-electron chi connectivity index (χ0n) is 15.1. The molecule has 0 spiro atoms. The van der Waals surface area contributed by atoms with E-state index in [9.17, 15) is 14.4 Å². The van der Waals surface area contributed by atoms with Crippen molar-refractivity contribution in [2.24, 2.45) is 5.92 Å². The van der Waals surface area contributed by atoms with Gasteiger partial charge in [0.25, 0.3) is 0 Å². The van der Waals surface area contributed by atoms with Gasteiger partial charge in [-0.05, 0) is 36.5 Å². The molecule has 26 heavy (non-hydrogen) atoms. The number of carbonyl (C=O) groups excluding carboxylic acids is 3. The Morgan fingerprint density at radius 2 is 1.65 bits per heavy atom. The summed E-state index contributed by atoms with van der Waals surface area (Å²) in [4.78, 5) is 36.8. The predicted molar refractivity (Wildman–Crippen MR) is 94.6 cm³/mol. The lowest BCUT2D eigenvalue weighted by atomic mass is 9.97. The van der Waals surface area contributed by atoms with Gasteiger partial charge < -0.3 is 25.0 Å². The molecule has 2 N–H and O–H groups in total. The van der Waals surface area contributed by atoms with Gasteiger partial charge in [0.15, 0.2) is 0 Å². The Kier molecular flexibility index (Phi) is 7.25. The van der Waals surface area contributed by atoms with E-state index < -0.39 is 11.8 Å². The first kappa shape index (κ1) is 19.6. The first-order valence-electron chi connectivity index (χ1n) is 8.55. The molecule has 8 heteroatoms. The molecule has 1 aliphatic heterocycles. The van der Waals surface area contributed by atoms with Gasteiger partial charge in [0.1, 0.15) is 5.75 Å². The fourth-order valence-electron chi connectivity index (χ4n) is 2.77. The summed E-state index contributed by atoms with van der Waals surface area (Å²) in [5.41, 5.74) is 0.877. The molecule has 1 aromatic rings. The van der Waals surface area contributed by atoms with Gasteiger partial charge in [0.2, 0.25) is 0 Å².